The Labute approximate surface area is 107 Å². The van der Waals surface area contributed by atoms with Crippen molar-refractivity contribution >= 4 is 11.8 Å². The molecule has 0 aromatic heterocycles. The van der Waals surface area contributed by atoms with Crippen LogP contribution in [0.5, 0.6) is 0 Å². The third-order valence-electron chi connectivity index (χ3n) is 2.84. The first kappa shape index (κ1) is 12.5. The molecule has 2 rings (SSSR count). The molecule has 0 spiro atoms. The molecule has 2 nitrogen and oxygen atoms in total. The Balaban J connectivity index is 1.89. The number of ether oxygens (including phenoxy) is 1. The average Bonchev–Trinajstić information content (AvgIpc) is 2.38. The molecule has 0 saturated carbocycles. The van der Waals surface area contributed by atoms with E-state index in [2.05, 4.69) is 37.3 Å². The number of aryl methyl sites for hydroxylation is 1. The van der Waals surface area contributed by atoms with Gasteiger partial charge in [0.05, 0.1) is 12.6 Å². The maximum atomic E-state index is 6.13. The van der Waals surface area contributed by atoms with Crippen LogP contribution in [0.4, 0.5) is 0 Å². The third kappa shape index (κ3) is 3.51. The molecule has 1 aliphatic heterocycles. The quantitative estimate of drug-likeness (QED) is 0.833. The second kappa shape index (κ2) is 6.12. The molecule has 1 aromatic rings. The summed E-state index contributed by atoms with van der Waals surface area (Å²) in [5.41, 5.74) is 7.44. The highest BCUT2D eigenvalue weighted by Gasteiger charge is 2.14. The molecule has 1 aliphatic rings. The highest BCUT2D eigenvalue weighted by molar-refractivity contribution is 7.99. The van der Waals surface area contributed by atoms with E-state index in [0.29, 0.717) is 0 Å². The van der Waals surface area contributed by atoms with Gasteiger partial charge in [-0.15, -0.1) is 11.8 Å². The summed E-state index contributed by atoms with van der Waals surface area (Å²) in [6, 6.07) is 8.41. The molecule has 0 bridgehead atoms. The minimum atomic E-state index is 0.0138. The molecule has 0 radical (unpaired) electrons. The number of benzene rings is 1. The monoisotopic (exact) mass is 249 g/mol. The molecule has 92 valence electrons. The molecule has 2 N–H and O–H groups in total. The molecule has 17 heavy (non-hydrogen) atoms. The first-order valence-electron chi connectivity index (χ1n) is 6.04. The fraction of sp³-hybridized carbons (Fsp3) is 0.429. The van der Waals surface area contributed by atoms with Crippen LogP contribution < -0.4 is 5.73 Å². The summed E-state index contributed by atoms with van der Waals surface area (Å²) >= 11 is 1.80. The topological polar surface area (TPSA) is 35.2 Å². The first-order valence-corrected chi connectivity index (χ1v) is 7.03. The van der Waals surface area contributed by atoms with Crippen LogP contribution in [0.15, 0.2) is 41.0 Å². The van der Waals surface area contributed by atoms with Crippen molar-refractivity contribution in [2.45, 2.75) is 30.7 Å². The Kier molecular flexibility index (Phi) is 4.51. The molecule has 0 fully saturated rings. The van der Waals surface area contributed by atoms with Gasteiger partial charge in [0.1, 0.15) is 5.76 Å². The Morgan fingerprint density at radius 3 is 2.94 bits per heavy atom. The van der Waals surface area contributed by atoms with Gasteiger partial charge in [-0.3, -0.25) is 0 Å². The molecule has 1 atom stereocenters. The predicted molar refractivity (Wildman–Crippen MR) is 73.1 cm³/mol. The molecule has 3 heteroatoms. The van der Waals surface area contributed by atoms with Crippen LogP contribution in [0.2, 0.25) is 0 Å². The van der Waals surface area contributed by atoms with Crippen LogP contribution in [-0.2, 0) is 4.74 Å². The number of thioether (sulfide) groups is 1. The lowest BCUT2D eigenvalue weighted by Gasteiger charge is -2.20. The van der Waals surface area contributed by atoms with E-state index in [9.17, 15) is 0 Å². The Morgan fingerprint density at radius 1 is 1.41 bits per heavy atom. The summed E-state index contributed by atoms with van der Waals surface area (Å²) in [7, 11) is 0. The van der Waals surface area contributed by atoms with Crippen molar-refractivity contribution in [3.63, 3.8) is 0 Å². The van der Waals surface area contributed by atoms with Crippen molar-refractivity contribution in [2.75, 3.05) is 12.4 Å². The van der Waals surface area contributed by atoms with Crippen LogP contribution in [-0.4, -0.2) is 18.4 Å². The predicted octanol–water partition coefficient (Wildman–Crippen LogP) is 3.11. The van der Waals surface area contributed by atoms with Crippen molar-refractivity contribution in [2.24, 2.45) is 5.73 Å². The van der Waals surface area contributed by atoms with Crippen molar-refractivity contribution in [3.05, 3.63) is 41.7 Å². The maximum absolute atomic E-state index is 6.13. The van der Waals surface area contributed by atoms with E-state index >= 15 is 0 Å². The van der Waals surface area contributed by atoms with Gasteiger partial charge < -0.3 is 10.5 Å². The van der Waals surface area contributed by atoms with Crippen molar-refractivity contribution in [1.29, 1.82) is 0 Å². The van der Waals surface area contributed by atoms with Gasteiger partial charge in [-0.1, -0.05) is 18.2 Å². The van der Waals surface area contributed by atoms with Crippen LogP contribution in [0.25, 0.3) is 0 Å². The van der Waals surface area contributed by atoms with E-state index in [1.54, 1.807) is 11.8 Å². The van der Waals surface area contributed by atoms with Crippen molar-refractivity contribution < 1.29 is 4.74 Å². The zero-order chi connectivity index (χ0) is 12.1. The maximum Gasteiger partial charge on any atom is 0.110 e. The van der Waals surface area contributed by atoms with E-state index in [0.717, 1.165) is 31.0 Å². The van der Waals surface area contributed by atoms with Crippen LogP contribution >= 0.6 is 11.8 Å². The molecule has 0 aliphatic carbocycles. The van der Waals surface area contributed by atoms with Gasteiger partial charge in [-0.05, 0) is 37.5 Å². The summed E-state index contributed by atoms with van der Waals surface area (Å²) in [4.78, 5) is 1.30. The molecule has 1 heterocycles. The first-order chi connectivity index (χ1) is 8.27. The Hall–Kier alpha value is -0.930. The van der Waals surface area contributed by atoms with E-state index in [-0.39, 0.29) is 6.04 Å². The lowest BCUT2D eigenvalue weighted by molar-refractivity contribution is 0.179. The number of allylic oxidation sites excluding steroid dienone is 1. The number of hydrogen-bond acceptors (Lipinski definition) is 3. The number of nitrogens with two attached hydrogens (primary N) is 1. The second-order valence-electron chi connectivity index (χ2n) is 4.28. The van der Waals surface area contributed by atoms with Gasteiger partial charge in [-0.2, -0.15) is 0 Å². The highest BCUT2D eigenvalue weighted by atomic mass is 32.2. The minimum absolute atomic E-state index is 0.0138. The van der Waals surface area contributed by atoms with Gasteiger partial charge in [0.2, 0.25) is 0 Å². The van der Waals surface area contributed by atoms with Gasteiger partial charge in [-0.25, -0.2) is 0 Å². The van der Waals surface area contributed by atoms with Crippen LogP contribution in [0.1, 0.15) is 18.4 Å². The fourth-order valence-corrected chi connectivity index (χ4v) is 2.81. The van der Waals surface area contributed by atoms with E-state index in [1.807, 2.05) is 0 Å². The summed E-state index contributed by atoms with van der Waals surface area (Å²) in [5, 5.41) is 0. The summed E-state index contributed by atoms with van der Waals surface area (Å²) in [5.74, 6) is 1.84. The standard InChI is InChI=1S/C14H19NOS/c1-11-6-2-3-8-14(11)17-10-12(15)13-7-4-5-9-16-13/h2-3,6-8,12H,4-5,9-10,15H2,1H3. The Morgan fingerprint density at radius 2 is 2.24 bits per heavy atom. The molecule has 1 unspecified atom stereocenters. The van der Waals surface area contributed by atoms with Crippen molar-refractivity contribution in [1.82, 2.24) is 0 Å². The number of rotatable bonds is 4. The van der Waals surface area contributed by atoms with E-state index < -0.39 is 0 Å². The summed E-state index contributed by atoms with van der Waals surface area (Å²) in [6.07, 6.45) is 4.34. The van der Waals surface area contributed by atoms with Gasteiger partial charge in [0, 0.05) is 10.6 Å². The lowest BCUT2D eigenvalue weighted by Crippen LogP contribution is -2.28. The molecule has 0 saturated heterocycles. The average molecular weight is 249 g/mol. The second-order valence-corrected chi connectivity index (χ2v) is 5.34. The zero-order valence-corrected chi connectivity index (χ0v) is 11.0. The van der Waals surface area contributed by atoms with Gasteiger partial charge in [0.15, 0.2) is 0 Å². The smallest absolute Gasteiger partial charge is 0.110 e. The lowest BCUT2D eigenvalue weighted by atomic mass is 10.2. The normalized spacial score (nSPS) is 17.2. The summed E-state index contributed by atoms with van der Waals surface area (Å²) < 4.78 is 5.58. The number of hydrogen-bond donors (Lipinski definition) is 1. The third-order valence-corrected chi connectivity index (χ3v) is 4.13. The van der Waals surface area contributed by atoms with Crippen molar-refractivity contribution in [3.8, 4) is 0 Å². The van der Waals surface area contributed by atoms with Gasteiger partial charge in [0.25, 0.3) is 0 Å². The molecular weight excluding hydrogens is 230 g/mol. The van der Waals surface area contributed by atoms with Crippen LogP contribution in [0.3, 0.4) is 0 Å². The Bertz CT molecular complexity index is 403. The van der Waals surface area contributed by atoms with Crippen LogP contribution in [0, 0.1) is 6.92 Å². The summed E-state index contributed by atoms with van der Waals surface area (Å²) in [6.45, 7) is 2.94. The highest BCUT2D eigenvalue weighted by Crippen LogP contribution is 2.24. The molecule has 1 aromatic carbocycles. The minimum Gasteiger partial charge on any atom is -0.497 e. The molecular formula is C14H19NOS. The largest absolute Gasteiger partial charge is 0.497 e. The van der Waals surface area contributed by atoms with Gasteiger partial charge >= 0.3 is 0 Å². The van der Waals surface area contributed by atoms with E-state index in [4.69, 9.17) is 10.5 Å². The molecule has 0 amide bonds. The van der Waals surface area contributed by atoms with E-state index in [1.165, 1.54) is 10.5 Å². The zero-order valence-electron chi connectivity index (χ0n) is 10.2. The fourth-order valence-electron chi connectivity index (χ4n) is 1.82. The SMILES string of the molecule is Cc1ccccc1SCC(N)C1=CCCCO1.